The molecule has 3 aromatic rings. The van der Waals surface area contributed by atoms with Gasteiger partial charge >= 0.3 is 0 Å². The Morgan fingerprint density at radius 3 is 2.69 bits per heavy atom. The number of rotatable bonds is 5. The minimum absolute atomic E-state index is 0.0368. The first-order chi connectivity index (χ1) is 13.9. The Morgan fingerprint density at radius 1 is 1.17 bits per heavy atom. The number of sulfonamides is 1. The molecule has 1 amide bonds. The molecule has 10 heteroatoms. The largest absolute Gasteiger partial charge is 0.301 e. The first-order valence-corrected chi connectivity index (χ1v) is 11.2. The number of aromatic nitrogens is 2. The van der Waals surface area contributed by atoms with E-state index in [2.05, 4.69) is 15.3 Å². The molecule has 1 saturated heterocycles. The number of benzene rings is 1. The summed E-state index contributed by atoms with van der Waals surface area (Å²) in [5, 5.41) is 4.87. The predicted molar refractivity (Wildman–Crippen MR) is 107 cm³/mol. The van der Waals surface area contributed by atoms with Gasteiger partial charge in [-0.05, 0) is 49.2 Å². The topological polar surface area (TPSA) is 92.3 Å². The summed E-state index contributed by atoms with van der Waals surface area (Å²) in [5.41, 5.74) is 1.32. The van der Waals surface area contributed by atoms with Crippen molar-refractivity contribution in [3.8, 4) is 11.4 Å². The summed E-state index contributed by atoms with van der Waals surface area (Å²) in [6, 6.07) is 9.21. The molecule has 0 spiro atoms. The van der Waals surface area contributed by atoms with E-state index in [0.29, 0.717) is 29.4 Å². The second-order valence-corrected chi connectivity index (χ2v) is 9.22. The Morgan fingerprint density at radius 2 is 1.97 bits per heavy atom. The van der Waals surface area contributed by atoms with E-state index in [-0.39, 0.29) is 11.4 Å². The van der Waals surface area contributed by atoms with Crippen molar-refractivity contribution in [1.82, 2.24) is 14.3 Å². The zero-order chi connectivity index (χ0) is 20.4. The monoisotopic (exact) mass is 432 g/mol. The minimum atomic E-state index is -3.90. The third-order valence-electron chi connectivity index (χ3n) is 4.59. The summed E-state index contributed by atoms with van der Waals surface area (Å²) in [4.78, 5) is 21.3. The van der Waals surface area contributed by atoms with Crippen molar-refractivity contribution in [1.29, 1.82) is 0 Å². The lowest BCUT2D eigenvalue weighted by Gasteiger charge is -2.23. The zero-order valence-corrected chi connectivity index (χ0v) is 16.8. The Bertz CT molecular complexity index is 1120. The Hall–Kier alpha value is -2.69. The van der Waals surface area contributed by atoms with E-state index in [4.69, 9.17) is 0 Å². The van der Waals surface area contributed by atoms with Gasteiger partial charge in [0, 0.05) is 18.1 Å². The van der Waals surface area contributed by atoms with E-state index < -0.39 is 27.8 Å². The van der Waals surface area contributed by atoms with Gasteiger partial charge in [-0.2, -0.15) is 4.31 Å². The molecule has 0 bridgehead atoms. The number of carbonyl (C=O) groups excluding carboxylic acids is 1. The number of thiazole rings is 1. The maximum atomic E-state index is 13.1. The molecule has 7 nitrogen and oxygen atoms in total. The minimum Gasteiger partial charge on any atom is -0.301 e. The molecule has 1 aliphatic heterocycles. The SMILES string of the molecule is O=C(Nc1nc(-c2ccccn2)cs1)[C@H]1CCCN1S(=O)(=O)c1ccc(F)cc1. The molecule has 0 unspecified atom stereocenters. The molecule has 0 radical (unpaired) electrons. The summed E-state index contributed by atoms with van der Waals surface area (Å²) < 4.78 is 40.1. The van der Waals surface area contributed by atoms with Crippen molar-refractivity contribution in [2.45, 2.75) is 23.8 Å². The number of amides is 1. The number of nitrogens with zero attached hydrogens (tertiary/aromatic N) is 3. The summed E-state index contributed by atoms with van der Waals surface area (Å²) in [7, 11) is -3.90. The van der Waals surface area contributed by atoms with Crippen LogP contribution in [0.1, 0.15) is 12.8 Å². The maximum absolute atomic E-state index is 13.1. The lowest BCUT2D eigenvalue weighted by Crippen LogP contribution is -2.43. The van der Waals surface area contributed by atoms with E-state index in [1.807, 2.05) is 12.1 Å². The summed E-state index contributed by atoms with van der Waals surface area (Å²) in [6.07, 6.45) is 2.63. The van der Waals surface area contributed by atoms with Crippen molar-refractivity contribution in [3.05, 3.63) is 59.9 Å². The number of anilines is 1. The molecule has 3 heterocycles. The molecule has 2 aromatic heterocycles. The van der Waals surface area contributed by atoms with Gasteiger partial charge in [-0.15, -0.1) is 11.3 Å². The molecule has 1 fully saturated rings. The van der Waals surface area contributed by atoms with E-state index in [1.165, 1.54) is 27.8 Å². The second kappa shape index (κ2) is 7.97. The fourth-order valence-electron chi connectivity index (χ4n) is 3.18. The lowest BCUT2D eigenvalue weighted by atomic mass is 10.2. The van der Waals surface area contributed by atoms with Crippen molar-refractivity contribution < 1.29 is 17.6 Å². The highest BCUT2D eigenvalue weighted by Crippen LogP contribution is 2.28. The Balaban J connectivity index is 1.51. The highest BCUT2D eigenvalue weighted by atomic mass is 32.2. The highest BCUT2D eigenvalue weighted by molar-refractivity contribution is 7.89. The van der Waals surface area contributed by atoms with Crippen LogP contribution < -0.4 is 5.32 Å². The molecule has 4 rings (SSSR count). The molecule has 1 aromatic carbocycles. The summed E-state index contributed by atoms with van der Waals surface area (Å²) in [5.74, 6) is -0.956. The standard InChI is InChI=1S/C19H17FN4O3S2/c20-13-6-8-14(9-7-13)29(26,27)24-11-3-5-17(24)18(25)23-19-22-16(12-28-19)15-4-1-2-10-21-15/h1-2,4,6-10,12,17H,3,5,11H2,(H,22,23,25)/t17-/m1/s1. The van der Waals surface area contributed by atoms with E-state index in [1.54, 1.807) is 17.6 Å². The van der Waals surface area contributed by atoms with Gasteiger partial charge in [0.15, 0.2) is 5.13 Å². The van der Waals surface area contributed by atoms with Gasteiger partial charge in [0.25, 0.3) is 0 Å². The van der Waals surface area contributed by atoms with Crippen LogP contribution in [0.3, 0.4) is 0 Å². The van der Waals surface area contributed by atoms with Crippen LogP contribution in [0, 0.1) is 5.82 Å². The Labute approximate surface area is 171 Å². The van der Waals surface area contributed by atoms with Gasteiger partial charge in [-0.3, -0.25) is 9.78 Å². The smallest absolute Gasteiger partial charge is 0.244 e. The first kappa shape index (κ1) is 19.6. The number of carbonyl (C=O) groups is 1. The van der Waals surface area contributed by atoms with E-state index in [9.17, 15) is 17.6 Å². The molecule has 0 aliphatic carbocycles. The summed E-state index contributed by atoms with van der Waals surface area (Å²) >= 11 is 1.25. The molecule has 150 valence electrons. The van der Waals surface area contributed by atoms with E-state index in [0.717, 1.165) is 12.1 Å². The third kappa shape index (κ3) is 4.04. The van der Waals surface area contributed by atoms with Crippen LogP contribution in [0.4, 0.5) is 9.52 Å². The van der Waals surface area contributed by atoms with Crippen LogP contribution in [0.2, 0.25) is 0 Å². The van der Waals surface area contributed by atoms with Crippen LogP contribution in [-0.2, 0) is 14.8 Å². The first-order valence-electron chi connectivity index (χ1n) is 8.90. The van der Waals surface area contributed by atoms with Crippen molar-refractivity contribution >= 4 is 32.4 Å². The molecular formula is C19H17FN4O3S2. The predicted octanol–water partition coefficient (Wildman–Crippen LogP) is 3.14. The molecule has 1 aliphatic rings. The molecule has 29 heavy (non-hydrogen) atoms. The number of nitrogens with one attached hydrogen (secondary N) is 1. The van der Waals surface area contributed by atoms with Gasteiger partial charge in [0.05, 0.1) is 10.6 Å². The molecule has 0 saturated carbocycles. The third-order valence-corrected chi connectivity index (χ3v) is 7.27. The zero-order valence-electron chi connectivity index (χ0n) is 15.2. The van der Waals surface area contributed by atoms with Gasteiger partial charge < -0.3 is 5.32 Å². The number of hydrogen-bond donors (Lipinski definition) is 1. The van der Waals surface area contributed by atoms with Crippen LogP contribution in [-0.4, -0.2) is 41.2 Å². The fourth-order valence-corrected chi connectivity index (χ4v) is 5.55. The maximum Gasteiger partial charge on any atom is 0.244 e. The van der Waals surface area contributed by atoms with Crippen molar-refractivity contribution in [2.75, 3.05) is 11.9 Å². The normalized spacial score (nSPS) is 17.3. The lowest BCUT2D eigenvalue weighted by molar-refractivity contribution is -0.119. The molecular weight excluding hydrogens is 415 g/mol. The van der Waals surface area contributed by atoms with Gasteiger partial charge in [0.1, 0.15) is 17.6 Å². The highest BCUT2D eigenvalue weighted by Gasteiger charge is 2.39. The van der Waals surface area contributed by atoms with Gasteiger partial charge in [-0.1, -0.05) is 6.07 Å². The quantitative estimate of drug-likeness (QED) is 0.669. The fraction of sp³-hybridized carbons (Fsp3) is 0.211. The summed E-state index contributed by atoms with van der Waals surface area (Å²) in [6.45, 7) is 0.231. The average molecular weight is 433 g/mol. The second-order valence-electron chi connectivity index (χ2n) is 6.47. The van der Waals surface area contributed by atoms with Crippen LogP contribution in [0.25, 0.3) is 11.4 Å². The molecule has 1 atom stereocenters. The van der Waals surface area contributed by atoms with Gasteiger partial charge in [-0.25, -0.2) is 17.8 Å². The number of halogens is 1. The van der Waals surface area contributed by atoms with Crippen LogP contribution in [0.15, 0.2) is 58.9 Å². The Kier molecular flexibility index (Phi) is 5.39. The van der Waals surface area contributed by atoms with Gasteiger partial charge in [0.2, 0.25) is 15.9 Å². The average Bonchev–Trinajstić information content (AvgIpc) is 3.39. The van der Waals surface area contributed by atoms with E-state index >= 15 is 0 Å². The number of hydrogen-bond acceptors (Lipinski definition) is 6. The van der Waals surface area contributed by atoms with Crippen LogP contribution in [0.5, 0.6) is 0 Å². The number of pyridine rings is 1. The molecule has 1 N–H and O–H groups in total. The van der Waals surface area contributed by atoms with Crippen molar-refractivity contribution in [3.63, 3.8) is 0 Å². The van der Waals surface area contributed by atoms with Crippen molar-refractivity contribution in [2.24, 2.45) is 0 Å². The van der Waals surface area contributed by atoms with Crippen LogP contribution >= 0.6 is 11.3 Å².